The van der Waals surface area contributed by atoms with Gasteiger partial charge >= 0.3 is 0 Å². The van der Waals surface area contributed by atoms with Crippen LogP contribution in [0.15, 0.2) is 71.1 Å². The molecule has 0 radical (unpaired) electrons. The molecule has 29 heavy (non-hydrogen) atoms. The first kappa shape index (κ1) is 17.7. The van der Waals surface area contributed by atoms with Gasteiger partial charge < -0.3 is 18.8 Å². The van der Waals surface area contributed by atoms with Crippen molar-refractivity contribution < 1.29 is 13.9 Å². The van der Waals surface area contributed by atoms with Crippen LogP contribution in [0.1, 0.15) is 11.1 Å². The number of hydrogen-bond donors (Lipinski definition) is 0. The molecule has 2 heterocycles. The molecule has 1 aliphatic rings. The summed E-state index contributed by atoms with van der Waals surface area (Å²) in [6.07, 6.45) is 0.946. The Morgan fingerprint density at radius 2 is 1.55 bits per heavy atom. The lowest BCUT2D eigenvalue weighted by Gasteiger charge is -2.29. The molecule has 1 aromatic heterocycles. The Labute approximate surface area is 170 Å². The number of ether oxygens (including phenoxy) is 2. The molecule has 1 aliphatic heterocycles. The average molecular weight is 385 g/mol. The maximum atomic E-state index is 6.24. The second-order valence-electron chi connectivity index (χ2n) is 7.35. The van der Waals surface area contributed by atoms with E-state index in [2.05, 4.69) is 71.6 Å². The van der Waals surface area contributed by atoms with Crippen LogP contribution in [0.2, 0.25) is 0 Å². The summed E-state index contributed by atoms with van der Waals surface area (Å²) in [5, 5.41) is 2.45. The zero-order chi connectivity index (χ0) is 19.8. The van der Waals surface area contributed by atoms with E-state index in [0.29, 0.717) is 0 Å². The summed E-state index contributed by atoms with van der Waals surface area (Å²) in [6.45, 7) is 1.70. The van der Waals surface area contributed by atoms with Gasteiger partial charge in [-0.25, -0.2) is 0 Å². The quantitative estimate of drug-likeness (QED) is 0.453. The predicted molar refractivity (Wildman–Crippen MR) is 116 cm³/mol. The van der Waals surface area contributed by atoms with Crippen LogP contribution in [0.4, 0.5) is 5.88 Å². The van der Waals surface area contributed by atoms with E-state index >= 15 is 0 Å². The van der Waals surface area contributed by atoms with Crippen molar-refractivity contribution in [1.82, 2.24) is 0 Å². The van der Waals surface area contributed by atoms with E-state index in [1.165, 1.54) is 21.9 Å². The third kappa shape index (κ3) is 3.21. The Morgan fingerprint density at radius 1 is 0.793 bits per heavy atom. The van der Waals surface area contributed by atoms with Gasteiger partial charge in [-0.05, 0) is 52.6 Å². The Hall–Kier alpha value is -3.40. The summed E-state index contributed by atoms with van der Waals surface area (Å²) in [7, 11) is 3.35. The second-order valence-corrected chi connectivity index (χ2v) is 7.35. The monoisotopic (exact) mass is 385 g/mol. The van der Waals surface area contributed by atoms with Gasteiger partial charge in [0.25, 0.3) is 0 Å². The van der Waals surface area contributed by atoms with Gasteiger partial charge in [0.2, 0.25) is 0 Å². The van der Waals surface area contributed by atoms with Crippen molar-refractivity contribution in [1.29, 1.82) is 0 Å². The first-order chi connectivity index (χ1) is 14.2. The molecule has 0 saturated carbocycles. The molecule has 0 aliphatic carbocycles. The largest absolute Gasteiger partial charge is 0.493 e. The van der Waals surface area contributed by atoms with Crippen molar-refractivity contribution in [3.8, 4) is 22.8 Å². The highest BCUT2D eigenvalue weighted by atomic mass is 16.5. The molecule has 0 unspecified atom stereocenters. The highest BCUT2D eigenvalue weighted by Gasteiger charge is 2.21. The van der Waals surface area contributed by atoms with E-state index in [1.807, 2.05) is 0 Å². The molecule has 5 rings (SSSR count). The number of benzene rings is 3. The van der Waals surface area contributed by atoms with E-state index in [1.54, 1.807) is 14.2 Å². The fourth-order valence-electron chi connectivity index (χ4n) is 4.07. The van der Waals surface area contributed by atoms with Gasteiger partial charge in [-0.2, -0.15) is 0 Å². The van der Waals surface area contributed by atoms with Gasteiger partial charge in [0.15, 0.2) is 17.4 Å². The van der Waals surface area contributed by atoms with Crippen LogP contribution in [0.25, 0.3) is 22.1 Å². The molecule has 0 bridgehead atoms. The zero-order valence-electron chi connectivity index (χ0n) is 16.6. The van der Waals surface area contributed by atoms with E-state index in [4.69, 9.17) is 13.9 Å². The normalized spacial score (nSPS) is 13.4. The first-order valence-corrected chi connectivity index (χ1v) is 9.83. The van der Waals surface area contributed by atoms with Gasteiger partial charge in [-0.3, -0.25) is 0 Å². The lowest BCUT2D eigenvalue weighted by Crippen LogP contribution is -2.30. The fraction of sp³-hybridized carbons (Fsp3) is 0.200. The standard InChI is InChI=1S/C25H23NO3/c1-27-23-14-19-11-12-26(16-21(19)15-24(23)28-2)25-10-9-22(29-25)20-8-7-17-5-3-4-6-18(17)13-20/h3-10,13-15H,11-12,16H2,1-2H3. The van der Waals surface area contributed by atoms with Gasteiger partial charge in [-0.15, -0.1) is 0 Å². The molecular weight excluding hydrogens is 362 g/mol. The van der Waals surface area contributed by atoms with Gasteiger partial charge in [0.1, 0.15) is 5.76 Å². The fourth-order valence-corrected chi connectivity index (χ4v) is 4.07. The summed E-state index contributed by atoms with van der Waals surface area (Å²) in [5.41, 5.74) is 3.65. The summed E-state index contributed by atoms with van der Waals surface area (Å²) in [5.74, 6) is 3.35. The number of anilines is 1. The molecule has 3 aromatic carbocycles. The Morgan fingerprint density at radius 3 is 2.34 bits per heavy atom. The lowest BCUT2D eigenvalue weighted by atomic mass is 9.99. The van der Waals surface area contributed by atoms with Crippen molar-refractivity contribution in [3.05, 3.63) is 77.9 Å². The highest BCUT2D eigenvalue weighted by Crippen LogP contribution is 2.36. The van der Waals surface area contributed by atoms with Crippen LogP contribution in [0, 0.1) is 0 Å². The summed E-state index contributed by atoms with van der Waals surface area (Å²) in [6, 6.07) is 23.1. The molecule has 0 atom stereocenters. The smallest absolute Gasteiger partial charge is 0.196 e. The maximum Gasteiger partial charge on any atom is 0.196 e. The van der Waals surface area contributed by atoms with E-state index in [-0.39, 0.29) is 0 Å². The number of furan rings is 1. The van der Waals surface area contributed by atoms with Crippen LogP contribution in [-0.2, 0) is 13.0 Å². The van der Waals surface area contributed by atoms with Crippen LogP contribution in [-0.4, -0.2) is 20.8 Å². The Kier molecular flexibility index (Phi) is 4.39. The summed E-state index contributed by atoms with van der Waals surface area (Å²) >= 11 is 0. The topological polar surface area (TPSA) is 34.8 Å². The molecule has 146 valence electrons. The number of methoxy groups -OCH3 is 2. The third-order valence-corrected chi connectivity index (χ3v) is 5.66. The Balaban J connectivity index is 1.42. The van der Waals surface area contributed by atoms with E-state index in [0.717, 1.165) is 48.2 Å². The number of rotatable bonds is 4. The number of hydrogen-bond acceptors (Lipinski definition) is 4. The minimum absolute atomic E-state index is 0.768. The van der Waals surface area contributed by atoms with Crippen molar-refractivity contribution in [3.63, 3.8) is 0 Å². The van der Waals surface area contributed by atoms with Crippen molar-refractivity contribution in [2.75, 3.05) is 25.7 Å². The molecule has 0 N–H and O–H groups in total. The summed E-state index contributed by atoms with van der Waals surface area (Å²) in [4.78, 5) is 2.28. The molecule has 4 heteroatoms. The molecule has 4 nitrogen and oxygen atoms in total. The third-order valence-electron chi connectivity index (χ3n) is 5.66. The molecule has 0 fully saturated rings. The van der Waals surface area contributed by atoms with Crippen LogP contribution in [0.5, 0.6) is 11.5 Å². The average Bonchev–Trinajstić information content (AvgIpc) is 3.27. The Bertz CT molecular complexity index is 1180. The highest BCUT2D eigenvalue weighted by molar-refractivity contribution is 5.86. The van der Waals surface area contributed by atoms with Crippen LogP contribution >= 0.6 is 0 Å². The predicted octanol–water partition coefficient (Wildman–Crippen LogP) is 5.68. The van der Waals surface area contributed by atoms with Gasteiger partial charge in [0.05, 0.1) is 14.2 Å². The van der Waals surface area contributed by atoms with Crippen molar-refractivity contribution in [2.24, 2.45) is 0 Å². The molecule has 4 aromatic rings. The number of nitrogens with zero attached hydrogens (tertiary/aromatic N) is 1. The van der Waals surface area contributed by atoms with Gasteiger partial charge in [0, 0.05) is 24.7 Å². The molecule has 0 spiro atoms. The van der Waals surface area contributed by atoms with Crippen molar-refractivity contribution in [2.45, 2.75) is 13.0 Å². The minimum atomic E-state index is 0.768. The van der Waals surface area contributed by atoms with Crippen molar-refractivity contribution >= 4 is 16.7 Å². The lowest BCUT2D eigenvalue weighted by molar-refractivity contribution is 0.353. The van der Waals surface area contributed by atoms with Crippen LogP contribution < -0.4 is 14.4 Å². The molecule has 0 saturated heterocycles. The van der Waals surface area contributed by atoms with Crippen LogP contribution in [0.3, 0.4) is 0 Å². The van der Waals surface area contributed by atoms with E-state index in [9.17, 15) is 0 Å². The molecular formula is C25H23NO3. The number of fused-ring (bicyclic) bond motifs is 2. The van der Waals surface area contributed by atoms with E-state index < -0.39 is 0 Å². The molecule has 0 amide bonds. The maximum absolute atomic E-state index is 6.24. The SMILES string of the molecule is COc1cc2c(cc1OC)CN(c1ccc(-c3ccc4ccccc4c3)o1)CC2. The summed E-state index contributed by atoms with van der Waals surface area (Å²) < 4.78 is 17.2. The van der Waals surface area contributed by atoms with Gasteiger partial charge in [-0.1, -0.05) is 36.4 Å². The zero-order valence-corrected chi connectivity index (χ0v) is 16.6. The first-order valence-electron chi connectivity index (χ1n) is 9.83. The second kappa shape index (κ2) is 7.21. The minimum Gasteiger partial charge on any atom is -0.493 e.